The fourth-order valence-electron chi connectivity index (χ4n) is 1.81. The van der Waals surface area contributed by atoms with E-state index in [-0.39, 0.29) is 0 Å². The van der Waals surface area contributed by atoms with Gasteiger partial charge in [0.1, 0.15) is 12.4 Å². The highest BCUT2D eigenvalue weighted by Gasteiger charge is 2.06. The molecule has 4 nitrogen and oxygen atoms in total. The predicted molar refractivity (Wildman–Crippen MR) is 76.4 cm³/mol. The van der Waals surface area contributed by atoms with Crippen molar-refractivity contribution in [3.63, 3.8) is 0 Å². The van der Waals surface area contributed by atoms with Gasteiger partial charge in [-0.3, -0.25) is 4.79 Å². The van der Waals surface area contributed by atoms with Crippen LogP contribution >= 0.6 is 15.9 Å². The Morgan fingerprint density at radius 3 is 3.05 bits per heavy atom. The van der Waals surface area contributed by atoms with Gasteiger partial charge in [-0.25, -0.2) is 4.98 Å². The van der Waals surface area contributed by atoms with Crippen LogP contribution in [0.3, 0.4) is 0 Å². The summed E-state index contributed by atoms with van der Waals surface area (Å²) in [7, 11) is 0. The third-order valence-corrected chi connectivity index (χ3v) is 3.23. The first-order valence-electron chi connectivity index (χ1n) is 6.11. The topological polar surface area (TPSA) is 44.1 Å². The van der Waals surface area contributed by atoms with Crippen molar-refractivity contribution in [2.45, 2.75) is 26.5 Å². The molecule has 0 aliphatic heterocycles. The molecule has 1 aromatic heterocycles. The second kappa shape index (κ2) is 6.52. The summed E-state index contributed by atoms with van der Waals surface area (Å²) in [6, 6.07) is 5.38. The molecule has 0 amide bonds. The number of hydrogen-bond acceptors (Lipinski definition) is 3. The van der Waals surface area contributed by atoms with Crippen LogP contribution in [0.25, 0.3) is 0 Å². The molecular weight excluding hydrogens is 308 g/mol. The summed E-state index contributed by atoms with van der Waals surface area (Å²) in [5.74, 6) is 0.586. The lowest BCUT2D eigenvalue weighted by Gasteiger charge is -2.10. The Bertz CT molecular complexity index is 566. The van der Waals surface area contributed by atoms with Crippen LogP contribution in [0.5, 0.6) is 5.75 Å². The normalized spacial score (nSPS) is 10.4. The number of halogens is 1. The number of carbonyl (C=O) groups excluding carboxylic acids is 1. The van der Waals surface area contributed by atoms with Crippen LogP contribution in [0, 0.1) is 0 Å². The monoisotopic (exact) mass is 322 g/mol. The largest absolute Gasteiger partial charge is 0.487 e. The third kappa shape index (κ3) is 3.44. The van der Waals surface area contributed by atoms with Gasteiger partial charge >= 0.3 is 0 Å². The second-order valence-electron chi connectivity index (χ2n) is 4.17. The summed E-state index contributed by atoms with van der Waals surface area (Å²) in [6.07, 6.45) is 5.42. The van der Waals surface area contributed by atoms with Crippen LogP contribution in [-0.4, -0.2) is 15.8 Å². The molecule has 2 rings (SSSR count). The highest BCUT2D eigenvalue weighted by atomic mass is 79.9. The van der Waals surface area contributed by atoms with Crippen LogP contribution in [-0.2, 0) is 13.2 Å². The standard InChI is InChI=1S/C14H15BrN2O2/c1-2-5-17-10-16-7-13(17)9-19-14-4-3-12(15)6-11(14)8-18/h3-4,6-8,10H,2,5,9H2,1H3. The van der Waals surface area contributed by atoms with Gasteiger partial charge in [-0.15, -0.1) is 0 Å². The number of imidazole rings is 1. The number of carbonyl (C=O) groups is 1. The summed E-state index contributed by atoms with van der Waals surface area (Å²) in [5.41, 5.74) is 1.54. The zero-order valence-electron chi connectivity index (χ0n) is 10.7. The van der Waals surface area contributed by atoms with E-state index in [0.29, 0.717) is 17.9 Å². The Balaban J connectivity index is 2.10. The van der Waals surface area contributed by atoms with E-state index in [2.05, 4.69) is 32.4 Å². The van der Waals surface area contributed by atoms with E-state index in [9.17, 15) is 4.79 Å². The summed E-state index contributed by atoms with van der Waals surface area (Å²) in [5, 5.41) is 0. The number of aromatic nitrogens is 2. The molecule has 19 heavy (non-hydrogen) atoms. The zero-order chi connectivity index (χ0) is 13.7. The lowest BCUT2D eigenvalue weighted by molar-refractivity contribution is 0.111. The number of benzene rings is 1. The minimum atomic E-state index is 0.405. The average Bonchev–Trinajstić information content (AvgIpc) is 2.85. The van der Waals surface area contributed by atoms with Gasteiger partial charge in [0.2, 0.25) is 0 Å². The molecule has 0 N–H and O–H groups in total. The van der Waals surface area contributed by atoms with Crippen LogP contribution in [0.4, 0.5) is 0 Å². The molecule has 0 aliphatic carbocycles. The van der Waals surface area contributed by atoms with Crippen molar-refractivity contribution in [2.75, 3.05) is 0 Å². The molecule has 5 heteroatoms. The van der Waals surface area contributed by atoms with Crippen LogP contribution in [0.1, 0.15) is 29.4 Å². The van der Waals surface area contributed by atoms with Gasteiger partial charge in [-0.1, -0.05) is 22.9 Å². The molecule has 0 atom stereocenters. The van der Waals surface area contributed by atoms with Crippen LogP contribution < -0.4 is 4.74 Å². The zero-order valence-corrected chi connectivity index (χ0v) is 12.3. The number of hydrogen-bond donors (Lipinski definition) is 0. The maximum atomic E-state index is 11.0. The van der Waals surface area contributed by atoms with Crippen LogP contribution in [0.15, 0.2) is 35.2 Å². The molecule has 0 fully saturated rings. The molecule has 0 aliphatic rings. The van der Waals surface area contributed by atoms with Crippen molar-refractivity contribution in [3.8, 4) is 5.75 Å². The first-order valence-corrected chi connectivity index (χ1v) is 6.90. The van der Waals surface area contributed by atoms with Gasteiger partial charge < -0.3 is 9.30 Å². The SMILES string of the molecule is CCCn1cncc1COc1ccc(Br)cc1C=O. The number of nitrogens with zero attached hydrogens (tertiary/aromatic N) is 2. The summed E-state index contributed by atoms with van der Waals surface area (Å²) >= 11 is 3.33. The highest BCUT2D eigenvalue weighted by molar-refractivity contribution is 9.10. The maximum absolute atomic E-state index is 11.0. The molecule has 100 valence electrons. The fourth-order valence-corrected chi connectivity index (χ4v) is 2.18. The van der Waals surface area contributed by atoms with Gasteiger partial charge in [-0.2, -0.15) is 0 Å². The van der Waals surface area contributed by atoms with Crippen molar-refractivity contribution in [1.29, 1.82) is 0 Å². The van der Waals surface area contributed by atoms with E-state index in [4.69, 9.17) is 4.74 Å². The smallest absolute Gasteiger partial charge is 0.153 e. The van der Waals surface area contributed by atoms with Crippen LogP contribution in [0.2, 0.25) is 0 Å². The highest BCUT2D eigenvalue weighted by Crippen LogP contribution is 2.22. The van der Waals surface area contributed by atoms with Crippen molar-refractivity contribution < 1.29 is 9.53 Å². The Morgan fingerprint density at radius 2 is 2.32 bits per heavy atom. The molecule has 0 bridgehead atoms. The van der Waals surface area contributed by atoms with Gasteiger partial charge in [0.25, 0.3) is 0 Å². The summed E-state index contributed by atoms with van der Waals surface area (Å²) in [4.78, 5) is 15.1. The predicted octanol–water partition coefficient (Wildman–Crippen LogP) is 3.45. The van der Waals surface area contributed by atoms with Crippen molar-refractivity contribution in [1.82, 2.24) is 9.55 Å². The molecule has 1 heterocycles. The number of ether oxygens (including phenoxy) is 1. The Kier molecular flexibility index (Phi) is 4.74. The quantitative estimate of drug-likeness (QED) is 0.765. The molecular formula is C14H15BrN2O2. The molecule has 0 saturated heterocycles. The minimum absolute atomic E-state index is 0.405. The van der Waals surface area contributed by atoms with Gasteiger partial charge in [0, 0.05) is 11.0 Å². The molecule has 1 aromatic carbocycles. The molecule has 0 unspecified atom stereocenters. The van der Waals surface area contributed by atoms with Gasteiger partial charge in [0.15, 0.2) is 6.29 Å². The maximum Gasteiger partial charge on any atom is 0.153 e. The van der Waals surface area contributed by atoms with Gasteiger partial charge in [-0.05, 0) is 24.6 Å². The van der Waals surface area contributed by atoms with E-state index in [0.717, 1.165) is 29.4 Å². The number of rotatable bonds is 6. The van der Waals surface area contributed by atoms with E-state index in [1.54, 1.807) is 24.7 Å². The van der Waals surface area contributed by atoms with Crippen molar-refractivity contribution in [2.24, 2.45) is 0 Å². The van der Waals surface area contributed by atoms with E-state index in [1.165, 1.54) is 0 Å². The molecule has 0 saturated carbocycles. The molecule has 0 spiro atoms. The van der Waals surface area contributed by atoms with E-state index < -0.39 is 0 Å². The Labute approximate surface area is 120 Å². The van der Waals surface area contributed by atoms with Crippen molar-refractivity contribution in [3.05, 3.63) is 46.5 Å². The summed E-state index contributed by atoms with van der Waals surface area (Å²) in [6.45, 7) is 3.44. The average molecular weight is 323 g/mol. The number of aryl methyl sites for hydroxylation is 1. The van der Waals surface area contributed by atoms with E-state index >= 15 is 0 Å². The summed E-state index contributed by atoms with van der Waals surface area (Å²) < 4.78 is 8.62. The second-order valence-corrected chi connectivity index (χ2v) is 5.08. The minimum Gasteiger partial charge on any atom is -0.487 e. The lowest BCUT2D eigenvalue weighted by atomic mass is 10.2. The van der Waals surface area contributed by atoms with E-state index in [1.807, 2.05) is 6.07 Å². The van der Waals surface area contributed by atoms with Crippen molar-refractivity contribution >= 4 is 22.2 Å². The number of aldehydes is 1. The Hall–Kier alpha value is -1.62. The van der Waals surface area contributed by atoms with Gasteiger partial charge in [0.05, 0.1) is 23.8 Å². The first kappa shape index (κ1) is 13.8. The Morgan fingerprint density at radius 1 is 1.47 bits per heavy atom. The fraction of sp³-hybridized carbons (Fsp3) is 0.286. The molecule has 2 aromatic rings. The first-order chi connectivity index (χ1) is 9.24. The lowest BCUT2D eigenvalue weighted by Crippen LogP contribution is -2.05. The molecule has 0 radical (unpaired) electrons. The third-order valence-electron chi connectivity index (χ3n) is 2.74.